The van der Waals surface area contributed by atoms with Gasteiger partial charge >= 0.3 is 0 Å². The molecule has 1 atom stereocenters. The second-order valence-corrected chi connectivity index (χ2v) is 6.70. The number of carbonyl (C=O) groups is 1. The van der Waals surface area contributed by atoms with E-state index >= 15 is 0 Å². The Balaban J connectivity index is 2.57. The lowest BCUT2D eigenvalue weighted by Crippen LogP contribution is -2.22. The van der Waals surface area contributed by atoms with E-state index < -0.39 is 0 Å². The van der Waals surface area contributed by atoms with Crippen LogP contribution in [0.5, 0.6) is 5.75 Å². The molecule has 1 aliphatic rings. The Kier molecular flexibility index (Phi) is 3.41. The van der Waals surface area contributed by atoms with Gasteiger partial charge in [0.05, 0.1) is 18.2 Å². The Hall–Kier alpha value is -1.03. The van der Waals surface area contributed by atoms with Gasteiger partial charge in [-0.3, -0.25) is 4.79 Å². The van der Waals surface area contributed by atoms with Crippen molar-refractivity contribution < 1.29 is 9.53 Å². The molecular formula is C14H18BrNO2. The fourth-order valence-corrected chi connectivity index (χ4v) is 2.40. The minimum absolute atomic E-state index is 0.00621. The zero-order chi connectivity index (χ0) is 13.5. The van der Waals surface area contributed by atoms with Crippen LogP contribution in [0, 0.1) is 5.92 Å². The third-order valence-electron chi connectivity index (χ3n) is 3.04. The van der Waals surface area contributed by atoms with Crippen LogP contribution >= 0.6 is 15.9 Å². The molecule has 1 unspecified atom stereocenters. The van der Waals surface area contributed by atoms with Gasteiger partial charge < -0.3 is 10.1 Å². The Morgan fingerprint density at radius 3 is 2.67 bits per heavy atom. The number of fused-ring (bicyclic) bond motifs is 1. The maximum Gasteiger partial charge on any atom is 0.230 e. The zero-order valence-electron chi connectivity index (χ0n) is 11.1. The maximum absolute atomic E-state index is 11.8. The largest absolute Gasteiger partial charge is 0.490 e. The van der Waals surface area contributed by atoms with E-state index in [1.54, 1.807) is 0 Å². The van der Waals surface area contributed by atoms with E-state index in [1.807, 2.05) is 13.0 Å². The van der Waals surface area contributed by atoms with Gasteiger partial charge in [-0.1, -0.05) is 43.6 Å². The predicted molar refractivity (Wildman–Crippen MR) is 76.1 cm³/mol. The number of ether oxygens (including phenoxy) is 1. The van der Waals surface area contributed by atoms with Crippen molar-refractivity contribution in [2.24, 2.45) is 5.92 Å². The molecule has 0 saturated heterocycles. The predicted octanol–water partition coefficient (Wildman–Crippen LogP) is 3.71. The Morgan fingerprint density at radius 2 is 2.06 bits per heavy atom. The number of benzene rings is 1. The van der Waals surface area contributed by atoms with Crippen LogP contribution in [0.3, 0.4) is 0 Å². The van der Waals surface area contributed by atoms with Crippen molar-refractivity contribution in [2.45, 2.75) is 33.1 Å². The summed E-state index contributed by atoms with van der Waals surface area (Å²) in [4.78, 5) is 11.8. The summed E-state index contributed by atoms with van der Waals surface area (Å²) in [5.74, 6) is 0.666. The lowest BCUT2D eigenvalue weighted by atomic mass is 9.86. The van der Waals surface area contributed by atoms with Crippen LogP contribution in [-0.2, 0) is 10.2 Å². The van der Waals surface area contributed by atoms with Gasteiger partial charge in [-0.2, -0.15) is 0 Å². The Bertz CT molecular complexity index is 491. The molecule has 1 amide bonds. The standard InChI is InChI=1S/C14H18BrNO2/c1-8-7-18-12-10(14(2,3)4)5-9(15)6-11(12)16-13(8)17/h5-6,8H,7H2,1-4H3,(H,16,17). The lowest BCUT2D eigenvalue weighted by molar-refractivity contribution is -0.119. The van der Waals surface area contributed by atoms with Gasteiger partial charge in [-0.25, -0.2) is 0 Å². The first-order valence-electron chi connectivity index (χ1n) is 6.06. The summed E-state index contributed by atoms with van der Waals surface area (Å²) >= 11 is 3.49. The van der Waals surface area contributed by atoms with Crippen LogP contribution < -0.4 is 10.1 Å². The van der Waals surface area contributed by atoms with Gasteiger partial charge in [0.2, 0.25) is 5.91 Å². The SMILES string of the molecule is CC1COc2c(cc(Br)cc2C(C)(C)C)NC1=O. The van der Waals surface area contributed by atoms with Crippen LogP contribution in [0.2, 0.25) is 0 Å². The topological polar surface area (TPSA) is 38.3 Å². The first kappa shape index (κ1) is 13.4. The molecule has 0 radical (unpaired) electrons. The van der Waals surface area contributed by atoms with Crippen molar-refractivity contribution in [3.05, 3.63) is 22.2 Å². The van der Waals surface area contributed by atoms with E-state index in [2.05, 4.69) is 48.1 Å². The number of hydrogen-bond donors (Lipinski definition) is 1. The van der Waals surface area contributed by atoms with Gasteiger partial charge in [0.1, 0.15) is 5.75 Å². The first-order valence-corrected chi connectivity index (χ1v) is 6.86. The molecule has 1 aliphatic heterocycles. The Labute approximate surface area is 116 Å². The average Bonchev–Trinajstić information content (AvgIpc) is 2.37. The molecule has 0 bridgehead atoms. The van der Waals surface area contributed by atoms with Gasteiger partial charge in [0.25, 0.3) is 0 Å². The molecule has 0 aliphatic carbocycles. The van der Waals surface area contributed by atoms with E-state index in [0.717, 1.165) is 21.5 Å². The zero-order valence-corrected chi connectivity index (χ0v) is 12.7. The summed E-state index contributed by atoms with van der Waals surface area (Å²) in [5.41, 5.74) is 1.82. The summed E-state index contributed by atoms with van der Waals surface area (Å²) in [7, 11) is 0. The minimum Gasteiger partial charge on any atom is -0.490 e. The second kappa shape index (κ2) is 4.57. The van der Waals surface area contributed by atoms with Crippen LogP contribution in [0.1, 0.15) is 33.3 Å². The molecule has 3 nitrogen and oxygen atoms in total. The number of anilines is 1. The van der Waals surface area contributed by atoms with Gasteiger partial charge in [-0.15, -0.1) is 0 Å². The number of rotatable bonds is 0. The molecule has 1 heterocycles. The monoisotopic (exact) mass is 311 g/mol. The molecule has 1 aromatic rings. The number of carbonyl (C=O) groups excluding carboxylic acids is 1. The van der Waals surface area contributed by atoms with E-state index in [4.69, 9.17) is 4.74 Å². The van der Waals surface area contributed by atoms with Crippen molar-refractivity contribution in [1.82, 2.24) is 0 Å². The minimum atomic E-state index is -0.135. The smallest absolute Gasteiger partial charge is 0.230 e. The highest BCUT2D eigenvalue weighted by Crippen LogP contribution is 2.41. The normalized spacial score (nSPS) is 19.6. The molecule has 0 spiro atoms. The number of hydrogen-bond acceptors (Lipinski definition) is 2. The summed E-state index contributed by atoms with van der Waals surface area (Å²) in [6.07, 6.45) is 0. The van der Waals surface area contributed by atoms with Gasteiger partial charge in [0, 0.05) is 10.0 Å². The quantitative estimate of drug-likeness (QED) is 0.793. The first-order chi connectivity index (χ1) is 8.29. The molecule has 4 heteroatoms. The maximum atomic E-state index is 11.8. The lowest BCUT2D eigenvalue weighted by Gasteiger charge is -2.24. The van der Waals surface area contributed by atoms with Crippen molar-refractivity contribution in [2.75, 3.05) is 11.9 Å². The molecule has 1 aromatic carbocycles. The molecule has 98 valence electrons. The van der Waals surface area contributed by atoms with Crippen molar-refractivity contribution >= 4 is 27.5 Å². The van der Waals surface area contributed by atoms with E-state index in [-0.39, 0.29) is 17.2 Å². The van der Waals surface area contributed by atoms with Crippen LogP contribution in [0.25, 0.3) is 0 Å². The molecule has 1 N–H and O–H groups in total. The highest BCUT2D eigenvalue weighted by molar-refractivity contribution is 9.10. The molecule has 0 aromatic heterocycles. The third-order valence-corrected chi connectivity index (χ3v) is 3.50. The third kappa shape index (κ3) is 2.53. The van der Waals surface area contributed by atoms with E-state index in [9.17, 15) is 4.79 Å². The number of nitrogens with one attached hydrogen (secondary N) is 1. The Morgan fingerprint density at radius 1 is 1.39 bits per heavy atom. The summed E-state index contributed by atoms with van der Waals surface area (Å²) in [6.45, 7) is 8.69. The fourth-order valence-electron chi connectivity index (χ4n) is 1.94. The molecule has 2 rings (SSSR count). The summed E-state index contributed by atoms with van der Waals surface area (Å²) < 4.78 is 6.79. The highest BCUT2D eigenvalue weighted by atomic mass is 79.9. The number of amides is 1. The summed E-state index contributed by atoms with van der Waals surface area (Å²) in [6, 6.07) is 3.95. The van der Waals surface area contributed by atoms with E-state index in [0.29, 0.717) is 6.61 Å². The molecule has 18 heavy (non-hydrogen) atoms. The highest BCUT2D eigenvalue weighted by Gasteiger charge is 2.27. The van der Waals surface area contributed by atoms with Crippen LogP contribution in [0.15, 0.2) is 16.6 Å². The van der Waals surface area contributed by atoms with Crippen molar-refractivity contribution in [3.8, 4) is 5.75 Å². The molecule has 0 saturated carbocycles. The molecular weight excluding hydrogens is 294 g/mol. The van der Waals surface area contributed by atoms with Crippen molar-refractivity contribution in [1.29, 1.82) is 0 Å². The number of halogens is 1. The van der Waals surface area contributed by atoms with Crippen LogP contribution in [0.4, 0.5) is 5.69 Å². The second-order valence-electron chi connectivity index (χ2n) is 5.78. The van der Waals surface area contributed by atoms with Crippen molar-refractivity contribution in [3.63, 3.8) is 0 Å². The fraction of sp³-hybridized carbons (Fsp3) is 0.500. The van der Waals surface area contributed by atoms with Gasteiger partial charge in [0.15, 0.2) is 0 Å². The average molecular weight is 312 g/mol. The summed E-state index contributed by atoms with van der Waals surface area (Å²) in [5, 5.41) is 2.93. The van der Waals surface area contributed by atoms with Gasteiger partial charge in [-0.05, 0) is 17.5 Å². The molecule has 0 fully saturated rings. The van der Waals surface area contributed by atoms with Crippen LogP contribution in [-0.4, -0.2) is 12.5 Å². The van der Waals surface area contributed by atoms with E-state index in [1.165, 1.54) is 0 Å².